The van der Waals surface area contributed by atoms with Crippen LogP contribution in [0.1, 0.15) is 27.1 Å². The van der Waals surface area contributed by atoms with Gasteiger partial charge in [-0.05, 0) is 36.8 Å². The van der Waals surface area contributed by atoms with Crippen molar-refractivity contribution in [2.45, 2.75) is 6.42 Å². The van der Waals surface area contributed by atoms with Gasteiger partial charge in [-0.3, -0.25) is 9.59 Å². The van der Waals surface area contributed by atoms with E-state index in [4.69, 9.17) is 11.6 Å². The zero-order valence-electron chi connectivity index (χ0n) is 13.9. The van der Waals surface area contributed by atoms with E-state index in [1.54, 1.807) is 40.1 Å². The molecule has 0 atom stereocenters. The second kappa shape index (κ2) is 8.18. The topological polar surface area (TPSA) is 40.6 Å². The molecule has 4 nitrogen and oxygen atoms in total. The van der Waals surface area contributed by atoms with Crippen molar-refractivity contribution in [3.05, 3.63) is 68.9 Å². The van der Waals surface area contributed by atoms with Gasteiger partial charge in [0.2, 0.25) is 0 Å². The van der Waals surface area contributed by atoms with E-state index in [0.29, 0.717) is 43.2 Å². The largest absolute Gasteiger partial charge is 0.337 e. The molecule has 0 aromatic heterocycles. The van der Waals surface area contributed by atoms with E-state index in [1.807, 2.05) is 0 Å². The summed E-state index contributed by atoms with van der Waals surface area (Å²) in [5.74, 6) is -1.04. The minimum atomic E-state index is -0.531. The maximum Gasteiger partial charge on any atom is 0.256 e. The fourth-order valence-electron chi connectivity index (χ4n) is 2.96. The van der Waals surface area contributed by atoms with Crippen LogP contribution in [0.4, 0.5) is 4.39 Å². The average Bonchev–Trinajstić information content (AvgIpc) is 2.87. The van der Waals surface area contributed by atoms with Crippen LogP contribution in [0.5, 0.6) is 0 Å². The van der Waals surface area contributed by atoms with E-state index in [0.717, 1.165) is 4.47 Å². The Morgan fingerprint density at radius 2 is 1.54 bits per heavy atom. The zero-order valence-corrected chi connectivity index (χ0v) is 16.3. The number of carbonyl (C=O) groups excluding carboxylic acids is 2. The third kappa shape index (κ3) is 4.07. The van der Waals surface area contributed by atoms with Gasteiger partial charge in [-0.15, -0.1) is 0 Å². The van der Waals surface area contributed by atoms with Gasteiger partial charge >= 0.3 is 0 Å². The van der Waals surface area contributed by atoms with Gasteiger partial charge in [0.25, 0.3) is 11.8 Å². The highest BCUT2D eigenvalue weighted by Gasteiger charge is 2.25. The molecule has 1 fully saturated rings. The van der Waals surface area contributed by atoms with Crippen LogP contribution in [-0.2, 0) is 0 Å². The number of rotatable bonds is 2. The number of benzene rings is 2. The molecule has 0 N–H and O–H groups in total. The second-order valence-electron chi connectivity index (χ2n) is 6.04. The summed E-state index contributed by atoms with van der Waals surface area (Å²) >= 11 is 9.50. The summed E-state index contributed by atoms with van der Waals surface area (Å²) in [6.45, 7) is 1.73. The fourth-order valence-corrected chi connectivity index (χ4v) is 3.72. The van der Waals surface area contributed by atoms with Gasteiger partial charge < -0.3 is 9.80 Å². The summed E-state index contributed by atoms with van der Waals surface area (Å²) < 4.78 is 14.7. The molecule has 0 bridgehead atoms. The lowest BCUT2D eigenvalue weighted by Gasteiger charge is -2.23. The number of amides is 2. The Hall–Kier alpha value is -1.92. The van der Waals surface area contributed by atoms with Gasteiger partial charge in [-0.2, -0.15) is 0 Å². The minimum absolute atomic E-state index is 0.0585. The second-order valence-corrected chi connectivity index (χ2v) is 7.36. The SMILES string of the molecule is O=C(c1ccccc1F)N1CCCN(C(=O)c2ccc(Br)cc2Cl)CC1. The zero-order chi connectivity index (χ0) is 18.7. The highest BCUT2D eigenvalue weighted by atomic mass is 79.9. The molecule has 2 aromatic carbocycles. The van der Waals surface area contributed by atoms with Gasteiger partial charge in [0.1, 0.15) is 5.82 Å². The molecule has 1 heterocycles. The first-order valence-electron chi connectivity index (χ1n) is 8.25. The standard InChI is InChI=1S/C19H17BrClFN2O2/c20-13-6-7-14(16(21)12-13)18(25)23-8-3-9-24(11-10-23)19(26)15-4-1-2-5-17(15)22/h1-2,4-7,12H,3,8-11H2. The van der Waals surface area contributed by atoms with Crippen LogP contribution in [0.2, 0.25) is 5.02 Å². The monoisotopic (exact) mass is 438 g/mol. The van der Waals surface area contributed by atoms with Gasteiger partial charge in [0.05, 0.1) is 16.1 Å². The Morgan fingerprint density at radius 1 is 0.923 bits per heavy atom. The van der Waals surface area contributed by atoms with Gasteiger partial charge in [-0.25, -0.2) is 4.39 Å². The molecule has 0 aliphatic carbocycles. The Kier molecular flexibility index (Phi) is 5.94. The van der Waals surface area contributed by atoms with Crippen molar-refractivity contribution in [2.75, 3.05) is 26.2 Å². The third-order valence-corrected chi connectivity index (χ3v) is 5.14. The van der Waals surface area contributed by atoms with Crippen molar-refractivity contribution in [3.8, 4) is 0 Å². The number of halogens is 3. The fraction of sp³-hybridized carbons (Fsp3) is 0.263. The minimum Gasteiger partial charge on any atom is -0.337 e. The molecule has 0 saturated carbocycles. The van der Waals surface area contributed by atoms with E-state index in [-0.39, 0.29) is 17.4 Å². The normalized spacial score (nSPS) is 14.9. The highest BCUT2D eigenvalue weighted by Crippen LogP contribution is 2.23. The Bertz CT molecular complexity index is 846. The van der Waals surface area contributed by atoms with Crippen molar-refractivity contribution in [1.29, 1.82) is 0 Å². The van der Waals surface area contributed by atoms with E-state index < -0.39 is 5.82 Å². The quantitative estimate of drug-likeness (QED) is 0.703. The number of hydrogen-bond acceptors (Lipinski definition) is 2. The molecule has 26 heavy (non-hydrogen) atoms. The molecular formula is C19H17BrClFN2O2. The van der Waals surface area contributed by atoms with Crippen molar-refractivity contribution in [3.63, 3.8) is 0 Å². The maximum absolute atomic E-state index is 13.9. The molecular weight excluding hydrogens is 423 g/mol. The third-order valence-electron chi connectivity index (χ3n) is 4.34. The summed E-state index contributed by atoms with van der Waals surface area (Å²) in [7, 11) is 0. The first kappa shape index (κ1) is 18.9. The van der Waals surface area contributed by atoms with Crippen molar-refractivity contribution in [2.24, 2.45) is 0 Å². The van der Waals surface area contributed by atoms with Crippen molar-refractivity contribution >= 4 is 39.3 Å². The highest BCUT2D eigenvalue weighted by molar-refractivity contribution is 9.10. The molecule has 0 radical (unpaired) electrons. The molecule has 1 aliphatic heterocycles. The maximum atomic E-state index is 13.9. The van der Waals surface area contributed by atoms with Gasteiger partial charge in [0, 0.05) is 30.7 Å². The van der Waals surface area contributed by atoms with E-state index >= 15 is 0 Å². The average molecular weight is 440 g/mol. The van der Waals surface area contributed by atoms with Crippen LogP contribution >= 0.6 is 27.5 Å². The van der Waals surface area contributed by atoms with Gasteiger partial charge in [0.15, 0.2) is 0 Å². The summed E-state index contributed by atoms with van der Waals surface area (Å²) in [4.78, 5) is 28.6. The molecule has 7 heteroatoms. The first-order valence-corrected chi connectivity index (χ1v) is 9.42. The van der Waals surface area contributed by atoms with E-state index in [2.05, 4.69) is 15.9 Å². The summed E-state index contributed by atoms with van der Waals surface area (Å²) in [6.07, 6.45) is 0.625. The lowest BCUT2D eigenvalue weighted by atomic mass is 10.2. The van der Waals surface area contributed by atoms with Crippen LogP contribution in [0.15, 0.2) is 46.9 Å². The van der Waals surface area contributed by atoms with Crippen molar-refractivity contribution in [1.82, 2.24) is 9.80 Å². The number of nitrogens with zero attached hydrogens (tertiary/aromatic N) is 2. The lowest BCUT2D eigenvalue weighted by Crippen LogP contribution is -2.37. The Morgan fingerprint density at radius 3 is 2.15 bits per heavy atom. The van der Waals surface area contributed by atoms with Crippen LogP contribution in [0.3, 0.4) is 0 Å². The van der Waals surface area contributed by atoms with Crippen LogP contribution in [0.25, 0.3) is 0 Å². The molecule has 0 unspecified atom stereocenters. The van der Waals surface area contributed by atoms with E-state index in [9.17, 15) is 14.0 Å². The number of hydrogen-bond donors (Lipinski definition) is 0. The molecule has 2 aromatic rings. The Labute approximate surface area is 164 Å². The van der Waals surface area contributed by atoms with Crippen molar-refractivity contribution < 1.29 is 14.0 Å². The summed E-state index contributed by atoms with van der Waals surface area (Å²) in [5.41, 5.74) is 0.493. The molecule has 136 valence electrons. The molecule has 2 amide bonds. The first-order chi connectivity index (χ1) is 12.5. The summed E-state index contributed by atoms with van der Waals surface area (Å²) in [6, 6.07) is 11.1. The summed E-state index contributed by atoms with van der Waals surface area (Å²) in [5, 5.41) is 0.382. The van der Waals surface area contributed by atoms with Crippen LogP contribution in [0, 0.1) is 5.82 Å². The molecule has 0 spiro atoms. The molecule has 1 saturated heterocycles. The van der Waals surface area contributed by atoms with Crippen LogP contribution in [-0.4, -0.2) is 47.8 Å². The number of carbonyl (C=O) groups is 2. The predicted molar refractivity (Wildman–Crippen MR) is 102 cm³/mol. The molecule has 3 rings (SSSR count). The Balaban J connectivity index is 1.71. The van der Waals surface area contributed by atoms with Gasteiger partial charge in [-0.1, -0.05) is 39.7 Å². The lowest BCUT2D eigenvalue weighted by molar-refractivity contribution is 0.0716. The van der Waals surface area contributed by atoms with E-state index in [1.165, 1.54) is 12.1 Å². The smallest absolute Gasteiger partial charge is 0.256 e. The molecule has 1 aliphatic rings. The van der Waals surface area contributed by atoms with Crippen LogP contribution < -0.4 is 0 Å². The predicted octanol–water partition coefficient (Wildman–Crippen LogP) is 4.23.